The normalized spacial score (nSPS) is 11.2. The van der Waals surface area contributed by atoms with E-state index in [9.17, 15) is 14.0 Å². The van der Waals surface area contributed by atoms with E-state index in [1.54, 1.807) is 43.6 Å². The molecular weight excluding hydrogens is 413 g/mol. The molecule has 4 aromatic rings. The number of fused-ring (bicyclic) bond motifs is 2. The number of carbonyl (C=O) groups is 1. The molecule has 8 nitrogen and oxygen atoms in total. The van der Waals surface area contributed by atoms with Crippen molar-refractivity contribution in [2.75, 3.05) is 20.3 Å². The molecule has 3 heterocycles. The van der Waals surface area contributed by atoms with Gasteiger partial charge in [0, 0.05) is 26.5 Å². The second-order valence-electron chi connectivity index (χ2n) is 7.30. The zero-order chi connectivity index (χ0) is 22.7. The number of pyridine rings is 2. The van der Waals surface area contributed by atoms with Crippen LogP contribution in [0.25, 0.3) is 16.7 Å². The van der Waals surface area contributed by atoms with Gasteiger partial charge < -0.3 is 14.6 Å². The van der Waals surface area contributed by atoms with E-state index in [2.05, 4.69) is 10.3 Å². The lowest BCUT2D eigenvalue weighted by Crippen LogP contribution is -2.35. The van der Waals surface area contributed by atoms with Gasteiger partial charge in [0.05, 0.1) is 17.5 Å². The SMILES string of the molecule is COCCCNC(=O)c1cc2c(=O)n3ccccc3nc2n(Cc2ccc(F)cc2)c1=N. The van der Waals surface area contributed by atoms with Crippen LogP contribution in [0.2, 0.25) is 0 Å². The summed E-state index contributed by atoms with van der Waals surface area (Å²) in [7, 11) is 1.58. The summed E-state index contributed by atoms with van der Waals surface area (Å²) in [6, 6.07) is 12.4. The molecule has 164 valence electrons. The highest BCUT2D eigenvalue weighted by molar-refractivity contribution is 5.96. The summed E-state index contributed by atoms with van der Waals surface area (Å²) < 4.78 is 21.3. The molecule has 0 saturated carbocycles. The Hall–Kier alpha value is -3.85. The molecule has 0 aliphatic heterocycles. The van der Waals surface area contributed by atoms with Gasteiger partial charge in [-0.15, -0.1) is 0 Å². The van der Waals surface area contributed by atoms with Crippen LogP contribution < -0.4 is 16.4 Å². The Morgan fingerprint density at radius 2 is 2.00 bits per heavy atom. The van der Waals surface area contributed by atoms with Gasteiger partial charge in [-0.05, 0) is 42.3 Å². The minimum absolute atomic E-state index is 0.0619. The van der Waals surface area contributed by atoms with Crippen LogP contribution in [-0.2, 0) is 11.3 Å². The third-order valence-electron chi connectivity index (χ3n) is 5.13. The first-order chi connectivity index (χ1) is 15.5. The third kappa shape index (κ3) is 4.15. The first-order valence-corrected chi connectivity index (χ1v) is 10.1. The maximum absolute atomic E-state index is 13.4. The van der Waals surface area contributed by atoms with Gasteiger partial charge in [-0.2, -0.15) is 0 Å². The van der Waals surface area contributed by atoms with E-state index in [-0.39, 0.29) is 40.0 Å². The molecule has 1 amide bonds. The summed E-state index contributed by atoms with van der Waals surface area (Å²) in [4.78, 5) is 30.6. The average Bonchev–Trinajstić information content (AvgIpc) is 2.80. The number of hydrogen-bond acceptors (Lipinski definition) is 5. The fourth-order valence-electron chi connectivity index (χ4n) is 3.50. The molecule has 2 N–H and O–H groups in total. The molecule has 1 aromatic carbocycles. The second-order valence-corrected chi connectivity index (χ2v) is 7.30. The van der Waals surface area contributed by atoms with Crippen LogP contribution in [0.3, 0.4) is 0 Å². The molecule has 0 saturated heterocycles. The standard InChI is InChI=1S/C23H22FN5O3/c1-32-12-4-10-26-22(30)17-13-18-21(27-19-5-2-3-11-28(19)23(18)31)29(20(17)25)14-15-6-8-16(24)9-7-15/h2-3,5-9,11,13,25H,4,10,12,14H2,1H3,(H,26,30). The molecule has 0 radical (unpaired) electrons. The van der Waals surface area contributed by atoms with Gasteiger partial charge in [0.25, 0.3) is 11.5 Å². The summed E-state index contributed by atoms with van der Waals surface area (Å²) in [5, 5.41) is 11.7. The smallest absolute Gasteiger partial charge is 0.267 e. The van der Waals surface area contributed by atoms with E-state index in [1.807, 2.05) is 0 Å². The van der Waals surface area contributed by atoms with Crippen molar-refractivity contribution in [1.29, 1.82) is 5.41 Å². The van der Waals surface area contributed by atoms with Crippen LogP contribution in [0.4, 0.5) is 4.39 Å². The van der Waals surface area contributed by atoms with E-state index >= 15 is 0 Å². The lowest BCUT2D eigenvalue weighted by Gasteiger charge is -2.15. The summed E-state index contributed by atoms with van der Waals surface area (Å²) in [6.45, 7) is 1.01. The van der Waals surface area contributed by atoms with Crippen LogP contribution in [0.1, 0.15) is 22.3 Å². The van der Waals surface area contributed by atoms with Gasteiger partial charge in [0.1, 0.15) is 22.6 Å². The summed E-state index contributed by atoms with van der Waals surface area (Å²) >= 11 is 0. The largest absolute Gasteiger partial charge is 0.385 e. The van der Waals surface area contributed by atoms with Crippen LogP contribution in [-0.4, -0.2) is 40.1 Å². The zero-order valence-corrected chi connectivity index (χ0v) is 17.5. The summed E-state index contributed by atoms with van der Waals surface area (Å²) in [5.74, 6) is -0.834. The number of ether oxygens (including phenoxy) is 1. The minimum atomic E-state index is -0.460. The van der Waals surface area contributed by atoms with E-state index in [1.165, 1.54) is 27.2 Å². The third-order valence-corrected chi connectivity index (χ3v) is 5.13. The second kappa shape index (κ2) is 9.11. The van der Waals surface area contributed by atoms with Crippen molar-refractivity contribution in [3.8, 4) is 0 Å². The quantitative estimate of drug-likeness (QED) is 0.343. The van der Waals surface area contributed by atoms with E-state index in [4.69, 9.17) is 10.1 Å². The molecule has 9 heteroatoms. The molecule has 0 spiro atoms. The maximum Gasteiger partial charge on any atom is 0.267 e. The van der Waals surface area contributed by atoms with Crippen molar-refractivity contribution < 1.29 is 13.9 Å². The number of nitrogens with one attached hydrogen (secondary N) is 2. The number of amides is 1. The Morgan fingerprint density at radius 3 is 2.75 bits per heavy atom. The maximum atomic E-state index is 13.4. The number of rotatable bonds is 7. The van der Waals surface area contributed by atoms with Gasteiger partial charge in [0.2, 0.25) is 0 Å². The molecule has 0 aliphatic carbocycles. The highest BCUT2D eigenvalue weighted by Gasteiger charge is 2.17. The summed E-state index contributed by atoms with van der Waals surface area (Å²) in [5.41, 5.74) is 1.05. The van der Waals surface area contributed by atoms with Crippen molar-refractivity contribution in [1.82, 2.24) is 19.3 Å². The molecule has 0 bridgehead atoms. The predicted molar refractivity (Wildman–Crippen MR) is 117 cm³/mol. The number of methoxy groups -OCH3 is 1. The highest BCUT2D eigenvalue weighted by atomic mass is 19.1. The Balaban J connectivity index is 1.90. The van der Waals surface area contributed by atoms with Crippen molar-refractivity contribution in [2.45, 2.75) is 13.0 Å². The predicted octanol–water partition coefficient (Wildman–Crippen LogP) is 2.08. The van der Waals surface area contributed by atoms with Crippen LogP contribution >= 0.6 is 0 Å². The van der Waals surface area contributed by atoms with Gasteiger partial charge in [0.15, 0.2) is 0 Å². The average molecular weight is 435 g/mol. The molecule has 0 atom stereocenters. The first-order valence-electron chi connectivity index (χ1n) is 10.1. The summed E-state index contributed by atoms with van der Waals surface area (Å²) in [6.07, 6.45) is 2.22. The monoisotopic (exact) mass is 435 g/mol. The molecule has 0 fully saturated rings. The Bertz CT molecular complexity index is 1410. The lowest BCUT2D eigenvalue weighted by molar-refractivity contribution is 0.0946. The minimum Gasteiger partial charge on any atom is -0.385 e. The van der Waals surface area contributed by atoms with Crippen molar-refractivity contribution in [2.24, 2.45) is 0 Å². The Kier molecular flexibility index (Phi) is 6.09. The van der Waals surface area contributed by atoms with Crippen molar-refractivity contribution in [3.05, 3.63) is 87.5 Å². The fraction of sp³-hybridized carbons (Fsp3) is 0.217. The van der Waals surface area contributed by atoms with E-state index in [0.29, 0.717) is 30.8 Å². The highest BCUT2D eigenvalue weighted by Crippen LogP contribution is 2.13. The van der Waals surface area contributed by atoms with Gasteiger partial charge >= 0.3 is 0 Å². The first kappa shape index (κ1) is 21.4. The Labute approximate surface area is 182 Å². The van der Waals surface area contributed by atoms with E-state index < -0.39 is 5.91 Å². The molecule has 3 aromatic heterocycles. The molecule has 0 aliphatic rings. The van der Waals surface area contributed by atoms with Gasteiger partial charge in [-0.25, -0.2) is 9.37 Å². The molecule has 0 unspecified atom stereocenters. The number of aromatic nitrogens is 3. The topological polar surface area (TPSA) is 101 Å². The van der Waals surface area contributed by atoms with E-state index in [0.717, 1.165) is 0 Å². The fourth-order valence-corrected chi connectivity index (χ4v) is 3.50. The number of hydrogen-bond donors (Lipinski definition) is 2. The van der Waals surface area contributed by atoms with Gasteiger partial charge in [-0.3, -0.25) is 19.4 Å². The number of benzene rings is 1. The van der Waals surface area contributed by atoms with Crippen LogP contribution in [0.5, 0.6) is 0 Å². The number of halogens is 1. The van der Waals surface area contributed by atoms with Gasteiger partial charge in [-0.1, -0.05) is 18.2 Å². The van der Waals surface area contributed by atoms with Crippen LogP contribution in [0, 0.1) is 11.2 Å². The lowest BCUT2D eigenvalue weighted by atomic mass is 10.1. The zero-order valence-electron chi connectivity index (χ0n) is 17.5. The molecule has 4 rings (SSSR count). The molecule has 32 heavy (non-hydrogen) atoms. The van der Waals surface area contributed by atoms with Crippen LogP contribution in [0.15, 0.2) is 59.5 Å². The number of nitrogens with zero attached hydrogens (tertiary/aromatic N) is 3. The number of carbonyl (C=O) groups excluding carboxylic acids is 1. The Morgan fingerprint density at radius 1 is 1.22 bits per heavy atom. The van der Waals surface area contributed by atoms with Crippen molar-refractivity contribution >= 4 is 22.6 Å². The van der Waals surface area contributed by atoms with Crippen molar-refractivity contribution in [3.63, 3.8) is 0 Å². The molecular formula is C23H22FN5O3.